The lowest BCUT2D eigenvalue weighted by Gasteiger charge is -2.40. The SMILES string of the molecule is CC(C)(C)OC(=O)N1C2CCC1CC(NC(=O)N(CC1CC1)C1CC1)C2. The van der Waals surface area contributed by atoms with Crippen molar-refractivity contribution in [3.05, 3.63) is 0 Å². The zero-order valence-electron chi connectivity index (χ0n) is 16.4. The summed E-state index contributed by atoms with van der Waals surface area (Å²) in [7, 11) is 0. The van der Waals surface area contributed by atoms with Gasteiger partial charge in [0, 0.05) is 30.7 Å². The maximum atomic E-state index is 12.8. The summed E-state index contributed by atoms with van der Waals surface area (Å²) in [6, 6.07) is 1.17. The highest BCUT2D eigenvalue weighted by atomic mass is 16.6. The number of rotatable bonds is 4. The summed E-state index contributed by atoms with van der Waals surface area (Å²) in [6.45, 7) is 6.66. The van der Waals surface area contributed by atoms with E-state index in [0.29, 0.717) is 6.04 Å². The number of piperidine rings is 1. The van der Waals surface area contributed by atoms with Crippen molar-refractivity contribution >= 4 is 12.1 Å². The average molecular weight is 364 g/mol. The number of nitrogens with one attached hydrogen (secondary N) is 1. The lowest BCUT2D eigenvalue weighted by Crippen LogP contribution is -2.55. The Kier molecular flexibility index (Phi) is 4.56. The first-order chi connectivity index (χ1) is 12.3. The summed E-state index contributed by atoms with van der Waals surface area (Å²) in [5, 5.41) is 3.29. The molecule has 4 fully saturated rings. The molecule has 1 N–H and O–H groups in total. The molecule has 2 heterocycles. The molecule has 2 atom stereocenters. The van der Waals surface area contributed by atoms with Crippen LogP contribution in [0, 0.1) is 5.92 Å². The van der Waals surface area contributed by atoms with E-state index in [1.807, 2.05) is 25.7 Å². The van der Waals surface area contributed by atoms with Gasteiger partial charge in [0.2, 0.25) is 0 Å². The molecule has 2 aliphatic heterocycles. The smallest absolute Gasteiger partial charge is 0.410 e. The quantitative estimate of drug-likeness (QED) is 0.831. The molecule has 2 aliphatic carbocycles. The molecular formula is C20H33N3O3. The largest absolute Gasteiger partial charge is 0.444 e. The number of nitrogens with zero attached hydrogens (tertiary/aromatic N) is 2. The second kappa shape index (κ2) is 6.61. The summed E-state index contributed by atoms with van der Waals surface area (Å²) in [5.41, 5.74) is -0.463. The van der Waals surface area contributed by atoms with Crippen molar-refractivity contribution in [3.63, 3.8) is 0 Å². The Morgan fingerprint density at radius 3 is 2.15 bits per heavy atom. The third-order valence-corrected chi connectivity index (χ3v) is 6.07. The Labute approximate surface area is 156 Å². The predicted octanol–water partition coefficient (Wildman–Crippen LogP) is 3.50. The number of hydrogen-bond donors (Lipinski definition) is 1. The summed E-state index contributed by atoms with van der Waals surface area (Å²) < 4.78 is 5.59. The molecule has 0 spiro atoms. The van der Waals surface area contributed by atoms with E-state index in [9.17, 15) is 9.59 Å². The van der Waals surface area contributed by atoms with Crippen LogP contribution in [0.3, 0.4) is 0 Å². The second-order valence-electron chi connectivity index (χ2n) is 9.72. The molecule has 26 heavy (non-hydrogen) atoms. The first kappa shape index (κ1) is 17.9. The molecule has 2 saturated heterocycles. The highest BCUT2D eigenvalue weighted by Gasteiger charge is 2.46. The lowest BCUT2D eigenvalue weighted by molar-refractivity contribution is 0.00507. The van der Waals surface area contributed by atoms with Gasteiger partial charge in [-0.25, -0.2) is 9.59 Å². The van der Waals surface area contributed by atoms with Gasteiger partial charge in [-0.3, -0.25) is 0 Å². The fourth-order valence-electron chi connectivity index (χ4n) is 4.53. The number of hydrogen-bond acceptors (Lipinski definition) is 3. The van der Waals surface area contributed by atoms with Gasteiger partial charge >= 0.3 is 12.1 Å². The van der Waals surface area contributed by atoms with Crippen molar-refractivity contribution in [2.75, 3.05) is 6.54 Å². The standard InChI is InChI=1S/C20H33N3O3/c1-20(2,3)26-19(25)23-16-8-9-17(23)11-14(10-16)21-18(24)22(15-6-7-15)12-13-4-5-13/h13-17H,4-12H2,1-3H3,(H,21,24). The number of ether oxygens (including phenoxy) is 1. The molecule has 2 unspecified atom stereocenters. The molecule has 0 aromatic rings. The Balaban J connectivity index is 1.33. The maximum absolute atomic E-state index is 12.8. The van der Waals surface area contributed by atoms with Crippen molar-refractivity contribution < 1.29 is 14.3 Å². The van der Waals surface area contributed by atoms with Gasteiger partial charge in [-0.1, -0.05) is 0 Å². The van der Waals surface area contributed by atoms with Crippen molar-refractivity contribution in [1.82, 2.24) is 15.1 Å². The molecule has 0 radical (unpaired) electrons. The molecule has 6 heteroatoms. The first-order valence-corrected chi connectivity index (χ1v) is 10.4. The van der Waals surface area contributed by atoms with Gasteiger partial charge in [-0.15, -0.1) is 0 Å². The second-order valence-corrected chi connectivity index (χ2v) is 9.72. The van der Waals surface area contributed by atoms with E-state index in [1.165, 1.54) is 12.8 Å². The zero-order chi connectivity index (χ0) is 18.5. The first-order valence-electron chi connectivity index (χ1n) is 10.4. The summed E-state index contributed by atoms with van der Waals surface area (Å²) >= 11 is 0. The van der Waals surface area contributed by atoms with E-state index in [2.05, 4.69) is 10.2 Å². The Morgan fingerprint density at radius 1 is 1.04 bits per heavy atom. The Bertz CT molecular complexity index is 551. The molecule has 2 saturated carbocycles. The minimum Gasteiger partial charge on any atom is -0.444 e. The maximum Gasteiger partial charge on any atom is 0.410 e. The number of carbonyl (C=O) groups excluding carboxylic acids is 2. The molecule has 3 amide bonds. The highest BCUT2D eigenvalue weighted by Crippen LogP contribution is 2.38. The normalized spacial score (nSPS) is 30.9. The Hall–Kier alpha value is -1.46. The van der Waals surface area contributed by atoms with Crippen molar-refractivity contribution in [2.45, 2.75) is 102 Å². The molecular weight excluding hydrogens is 330 g/mol. The highest BCUT2D eigenvalue weighted by molar-refractivity contribution is 5.75. The van der Waals surface area contributed by atoms with E-state index < -0.39 is 5.60 Å². The van der Waals surface area contributed by atoms with Crippen molar-refractivity contribution in [1.29, 1.82) is 0 Å². The molecule has 4 aliphatic rings. The van der Waals surface area contributed by atoms with E-state index in [4.69, 9.17) is 4.74 Å². The number of amides is 3. The van der Waals surface area contributed by atoms with Crippen LogP contribution >= 0.6 is 0 Å². The minimum atomic E-state index is -0.463. The molecule has 2 bridgehead atoms. The Morgan fingerprint density at radius 2 is 1.65 bits per heavy atom. The molecule has 146 valence electrons. The summed E-state index contributed by atoms with van der Waals surface area (Å²) in [5.74, 6) is 0.728. The van der Waals surface area contributed by atoms with Crippen LogP contribution < -0.4 is 5.32 Å². The van der Waals surface area contributed by atoms with E-state index in [-0.39, 0.29) is 30.2 Å². The number of carbonyl (C=O) groups is 2. The van der Waals surface area contributed by atoms with Crippen LogP contribution in [0.1, 0.15) is 72.1 Å². The van der Waals surface area contributed by atoms with Crippen LogP contribution in [0.4, 0.5) is 9.59 Å². The molecule has 0 aromatic heterocycles. The molecule has 0 aromatic carbocycles. The zero-order valence-corrected chi connectivity index (χ0v) is 16.4. The minimum absolute atomic E-state index is 0.120. The molecule has 4 rings (SSSR count). The lowest BCUT2D eigenvalue weighted by atomic mass is 9.98. The van der Waals surface area contributed by atoms with Gasteiger partial charge in [-0.2, -0.15) is 0 Å². The van der Waals surface area contributed by atoms with Crippen LogP contribution in [-0.2, 0) is 4.74 Å². The van der Waals surface area contributed by atoms with Crippen LogP contribution in [0.25, 0.3) is 0 Å². The predicted molar refractivity (Wildman–Crippen MR) is 98.9 cm³/mol. The van der Waals surface area contributed by atoms with Gasteiger partial charge in [-0.05, 0) is 78.1 Å². The van der Waals surface area contributed by atoms with Crippen molar-refractivity contribution in [3.8, 4) is 0 Å². The van der Waals surface area contributed by atoms with Gasteiger partial charge in [0.05, 0.1) is 0 Å². The summed E-state index contributed by atoms with van der Waals surface area (Å²) in [4.78, 5) is 29.4. The van der Waals surface area contributed by atoms with Gasteiger partial charge in [0.25, 0.3) is 0 Å². The monoisotopic (exact) mass is 363 g/mol. The van der Waals surface area contributed by atoms with Gasteiger partial charge < -0.3 is 19.9 Å². The van der Waals surface area contributed by atoms with Crippen LogP contribution in [-0.4, -0.2) is 58.2 Å². The third-order valence-electron chi connectivity index (χ3n) is 6.07. The van der Waals surface area contributed by atoms with Crippen LogP contribution in [0.2, 0.25) is 0 Å². The van der Waals surface area contributed by atoms with E-state index in [0.717, 1.165) is 51.0 Å². The fourth-order valence-corrected chi connectivity index (χ4v) is 4.53. The average Bonchev–Trinajstić information content (AvgIpc) is 3.41. The van der Waals surface area contributed by atoms with Gasteiger partial charge in [0.1, 0.15) is 5.60 Å². The molecule has 6 nitrogen and oxygen atoms in total. The number of urea groups is 1. The van der Waals surface area contributed by atoms with Crippen LogP contribution in [0.5, 0.6) is 0 Å². The topological polar surface area (TPSA) is 61.9 Å². The van der Waals surface area contributed by atoms with Crippen molar-refractivity contribution in [2.24, 2.45) is 5.92 Å². The fraction of sp³-hybridized carbons (Fsp3) is 0.900. The summed E-state index contributed by atoms with van der Waals surface area (Å²) in [6.07, 6.45) is 8.40. The van der Waals surface area contributed by atoms with Crippen LogP contribution in [0.15, 0.2) is 0 Å². The number of fused-ring (bicyclic) bond motifs is 2. The van der Waals surface area contributed by atoms with E-state index in [1.54, 1.807) is 0 Å². The van der Waals surface area contributed by atoms with Gasteiger partial charge in [0.15, 0.2) is 0 Å². The van der Waals surface area contributed by atoms with E-state index >= 15 is 0 Å². The third kappa shape index (κ3) is 4.09.